The summed E-state index contributed by atoms with van der Waals surface area (Å²) in [5, 5.41) is 11.0. The van der Waals surface area contributed by atoms with Crippen LogP contribution in [0.3, 0.4) is 0 Å². The van der Waals surface area contributed by atoms with Gasteiger partial charge in [0.2, 0.25) is 0 Å². The lowest BCUT2D eigenvalue weighted by Gasteiger charge is -2.14. The van der Waals surface area contributed by atoms with E-state index in [-0.39, 0.29) is 6.42 Å². The molecule has 1 atom stereocenters. The SMILES string of the molecule is OC(Cc1ccc(F)cc1Cl)c1cc(Br)ccc1Cl. The monoisotopic (exact) mass is 362 g/mol. The van der Waals surface area contributed by atoms with E-state index < -0.39 is 11.9 Å². The second-order valence-corrected chi connectivity index (χ2v) is 5.85. The summed E-state index contributed by atoms with van der Waals surface area (Å²) < 4.78 is 13.8. The van der Waals surface area contributed by atoms with Gasteiger partial charge in [0.25, 0.3) is 0 Å². The standard InChI is InChI=1S/C14H10BrCl2FO/c15-9-2-4-12(16)11(6-9)14(19)5-8-1-3-10(18)7-13(8)17/h1-4,6-7,14,19H,5H2. The first-order valence-electron chi connectivity index (χ1n) is 5.54. The highest BCUT2D eigenvalue weighted by Gasteiger charge is 2.14. The molecule has 1 nitrogen and oxygen atoms in total. The number of hydrogen-bond donors (Lipinski definition) is 1. The van der Waals surface area contributed by atoms with E-state index in [0.29, 0.717) is 21.2 Å². The molecule has 2 aromatic rings. The summed E-state index contributed by atoms with van der Waals surface area (Å²) in [5.41, 5.74) is 1.28. The maximum Gasteiger partial charge on any atom is 0.124 e. The Kier molecular flexibility index (Phi) is 4.85. The Morgan fingerprint density at radius 2 is 1.84 bits per heavy atom. The van der Waals surface area contributed by atoms with Crippen LogP contribution in [0.1, 0.15) is 17.2 Å². The van der Waals surface area contributed by atoms with Crippen molar-refractivity contribution in [1.82, 2.24) is 0 Å². The number of halogens is 4. The van der Waals surface area contributed by atoms with Gasteiger partial charge >= 0.3 is 0 Å². The molecular formula is C14H10BrCl2FO. The molecule has 0 aromatic heterocycles. The van der Waals surface area contributed by atoms with Gasteiger partial charge in [-0.2, -0.15) is 0 Å². The topological polar surface area (TPSA) is 20.2 Å². The van der Waals surface area contributed by atoms with E-state index >= 15 is 0 Å². The van der Waals surface area contributed by atoms with Gasteiger partial charge in [0, 0.05) is 26.5 Å². The molecule has 1 unspecified atom stereocenters. The molecule has 0 amide bonds. The van der Waals surface area contributed by atoms with E-state index in [0.717, 1.165) is 4.47 Å². The zero-order valence-corrected chi connectivity index (χ0v) is 12.8. The van der Waals surface area contributed by atoms with Gasteiger partial charge in [-0.15, -0.1) is 0 Å². The molecule has 0 aliphatic rings. The van der Waals surface area contributed by atoms with Gasteiger partial charge in [0.15, 0.2) is 0 Å². The van der Waals surface area contributed by atoms with E-state index in [2.05, 4.69) is 15.9 Å². The van der Waals surface area contributed by atoms with Crippen molar-refractivity contribution in [2.45, 2.75) is 12.5 Å². The van der Waals surface area contributed by atoms with E-state index in [1.54, 1.807) is 24.3 Å². The number of benzene rings is 2. The summed E-state index contributed by atoms with van der Waals surface area (Å²) in [4.78, 5) is 0. The first-order chi connectivity index (χ1) is 8.97. The molecule has 5 heteroatoms. The molecular weight excluding hydrogens is 354 g/mol. The lowest BCUT2D eigenvalue weighted by Crippen LogP contribution is -2.03. The number of hydrogen-bond acceptors (Lipinski definition) is 1. The normalized spacial score (nSPS) is 12.5. The Morgan fingerprint density at radius 3 is 2.53 bits per heavy atom. The third-order valence-corrected chi connectivity index (χ3v) is 3.93. The van der Waals surface area contributed by atoms with Crippen LogP contribution >= 0.6 is 39.1 Å². The van der Waals surface area contributed by atoms with Crippen molar-refractivity contribution in [3.8, 4) is 0 Å². The van der Waals surface area contributed by atoms with Crippen molar-refractivity contribution >= 4 is 39.1 Å². The fourth-order valence-electron chi connectivity index (χ4n) is 1.78. The fourth-order valence-corrected chi connectivity index (χ4v) is 2.64. The molecule has 19 heavy (non-hydrogen) atoms. The molecule has 0 bridgehead atoms. The van der Waals surface area contributed by atoms with Crippen LogP contribution in [0.5, 0.6) is 0 Å². The van der Waals surface area contributed by atoms with Gasteiger partial charge in [0.1, 0.15) is 5.82 Å². The molecule has 2 rings (SSSR count). The zero-order chi connectivity index (χ0) is 14.0. The maximum absolute atomic E-state index is 13.0. The summed E-state index contributed by atoms with van der Waals surface area (Å²) in [6.45, 7) is 0. The van der Waals surface area contributed by atoms with Crippen LogP contribution in [0.15, 0.2) is 40.9 Å². The van der Waals surface area contributed by atoms with Crippen molar-refractivity contribution in [3.05, 3.63) is 67.9 Å². The van der Waals surface area contributed by atoms with Crippen LogP contribution in [0.2, 0.25) is 10.0 Å². The van der Waals surface area contributed by atoms with Gasteiger partial charge in [-0.1, -0.05) is 45.2 Å². The van der Waals surface area contributed by atoms with Crippen molar-refractivity contribution in [1.29, 1.82) is 0 Å². The first kappa shape index (κ1) is 14.8. The molecule has 0 aliphatic heterocycles. The molecule has 0 saturated carbocycles. The van der Waals surface area contributed by atoms with Crippen LogP contribution < -0.4 is 0 Å². The largest absolute Gasteiger partial charge is 0.388 e. The van der Waals surface area contributed by atoms with E-state index in [1.165, 1.54) is 12.1 Å². The maximum atomic E-state index is 13.0. The minimum atomic E-state index is -0.798. The molecule has 0 radical (unpaired) electrons. The number of aliphatic hydroxyl groups excluding tert-OH is 1. The van der Waals surface area contributed by atoms with E-state index in [4.69, 9.17) is 23.2 Å². The fraction of sp³-hybridized carbons (Fsp3) is 0.143. The highest BCUT2D eigenvalue weighted by molar-refractivity contribution is 9.10. The average Bonchev–Trinajstić information content (AvgIpc) is 2.35. The van der Waals surface area contributed by atoms with E-state index in [9.17, 15) is 9.50 Å². The lowest BCUT2D eigenvalue weighted by molar-refractivity contribution is 0.178. The summed E-state index contributed by atoms with van der Waals surface area (Å²) in [7, 11) is 0. The van der Waals surface area contributed by atoms with Crippen LogP contribution in [0.4, 0.5) is 4.39 Å². The third kappa shape index (κ3) is 3.69. The second kappa shape index (κ2) is 6.23. The minimum absolute atomic E-state index is 0.273. The highest BCUT2D eigenvalue weighted by Crippen LogP contribution is 2.30. The van der Waals surface area contributed by atoms with Gasteiger partial charge in [-0.25, -0.2) is 4.39 Å². The predicted octanol–water partition coefficient (Wildman–Crippen LogP) is 5.17. The van der Waals surface area contributed by atoms with Crippen LogP contribution in [0, 0.1) is 5.82 Å². The summed E-state index contributed by atoms with van der Waals surface area (Å²) in [5.74, 6) is -0.399. The van der Waals surface area contributed by atoms with Crippen molar-refractivity contribution in [2.75, 3.05) is 0 Å². The van der Waals surface area contributed by atoms with Crippen LogP contribution in [0.25, 0.3) is 0 Å². The smallest absolute Gasteiger partial charge is 0.124 e. The summed E-state index contributed by atoms with van der Waals surface area (Å²) >= 11 is 15.3. The van der Waals surface area contributed by atoms with Gasteiger partial charge in [0.05, 0.1) is 6.10 Å². The molecule has 2 aromatic carbocycles. The first-order valence-corrected chi connectivity index (χ1v) is 7.09. The Hall–Kier alpha value is -0.610. The van der Waals surface area contributed by atoms with Crippen molar-refractivity contribution in [2.24, 2.45) is 0 Å². The van der Waals surface area contributed by atoms with E-state index in [1.807, 2.05) is 0 Å². The van der Waals surface area contributed by atoms with Gasteiger partial charge in [-0.3, -0.25) is 0 Å². The lowest BCUT2D eigenvalue weighted by atomic mass is 10.0. The Balaban J connectivity index is 2.25. The van der Waals surface area contributed by atoms with Crippen molar-refractivity contribution in [3.63, 3.8) is 0 Å². The molecule has 0 saturated heterocycles. The quantitative estimate of drug-likeness (QED) is 0.797. The van der Waals surface area contributed by atoms with Gasteiger partial charge in [-0.05, 0) is 35.9 Å². The highest BCUT2D eigenvalue weighted by atomic mass is 79.9. The number of rotatable bonds is 3. The molecule has 0 fully saturated rings. The van der Waals surface area contributed by atoms with Crippen LogP contribution in [-0.4, -0.2) is 5.11 Å². The Labute approximate surface area is 129 Å². The van der Waals surface area contributed by atoms with Crippen molar-refractivity contribution < 1.29 is 9.50 Å². The predicted molar refractivity (Wildman–Crippen MR) is 79.2 cm³/mol. The molecule has 1 N–H and O–H groups in total. The second-order valence-electron chi connectivity index (χ2n) is 4.12. The summed E-state index contributed by atoms with van der Waals surface area (Å²) in [6, 6.07) is 9.36. The molecule has 0 aliphatic carbocycles. The Morgan fingerprint density at radius 1 is 1.11 bits per heavy atom. The molecule has 100 valence electrons. The third-order valence-electron chi connectivity index (χ3n) is 2.75. The molecule has 0 heterocycles. The minimum Gasteiger partial charge on any atom is -0.388 e. The average molecular weight is 364 g/mol. The summed E-state index contributed by atoms with van der Waals surface area (Å²) in [6.07, 6.45) is -0.525. The van der Waals surface area contributed by atoms with Gasteiger partial charge < -0.3 is 5.11 Å². The van der Waals surface area contributed by atoms with Crippen LogP contribution in [-0.2, 0) is 6.42 Å². The number of aliphatic hydroxyl groups is 1. The molecule has 0 spiro atoms. The zero-order valence-electron chi connectivity index (χ0n) is 9.71. The Bertz CT molecular complexity index is 604.